The van der Waals surface area contributed by atoms with Gasteiger partial charge in [-0.25, -0.2) is 9.48 Å². The maximum absolute atomic E-state index is 4.78. The van der Waals surface area contributed by atoms with Gasteiger partial charge in [0.1, 0.15) is 6.20 Å². The van der Waals surface area contributed by atoms with E-state index in [2.05, 4.69) is 182 Å². The van der Waals surface area contributed by atoms with E-state index >= 15 is 0 Å². The van der Waals surface area contributed by atoms with Crippen molar-refractivity contribution < 1.29 is 4.48 Å². The van der Waals surface area contributed by atoms with Crippen LogP contribution >= 0.6 is 0 Å². The molecular weight excluding hydrogens is 520 g/mol. The highest BCUT2D eigenvalue weighted by molar-refractivity contribution is 5.65. The van der Waals surface area contributed by atoms with E-state index in [0.29, 0.717) is 4.48 Å². The van der Waals surface area contributed by atoms with Crippen molar-refractivity contribution in [2.24, 2.45) is 4.99 Å². The summed E-state index contributed by atoms with van der Waals surface area (Å²) in [5.74, 6) is 0. The summed E-state index contributed by atoms with van der Waals surface area (Å²) in [4.78, 5) is 4.78. The second kappa shape index (κ2) is 11.9. The number of hydrogen-bond acceptors (Lipinski definition) is 1. The molecule has 6 aromatic rings. The zero-order valence-corrected chi connectivity index (χ0v) is 23.9. The molecule has 0 amide bonds. The van der Waals surface area contributed by atoms with Crippen LogP contribution in [0.2, 0.25) is 0 Å². The first-order chi connectivity index (χ1) is 21.3. The molecular formula is C41H33N2+. The van der Waals surface area contributed by atoms with E-state index in [1.165, 1.54) is 44.5 Å². The molecule has 6 aromatic carbocycles. The number of rotatable bonds is 8. The average Bonchev–Trinajstić information content (AvgIpc) is 3.57. The van der Waals surface area contributed by atoms with E-state index in [4.69, 9.17) is 4.99 Å². The zero-order valence-electron chi connectivity index (χ0n) is 23.9. The summed E-state index contributed by atoms with van der Waals surface area (Å²) in [6.07, 6.45) is 6.36. The van der Waals surface area contributed by atoms with Gasteiger partial charge >= 0.3 is 0 Å². The number of quaternary nitrogens is 1. The fraction of sp³-hybridized carbons (Fsp3) is 0.0488. The van der Waals surface area contributed by atoms with Crippen LogP contribution in [0.4, 0.5) is 0 Å². The van der Waals surface area contributed by atoms with Crippen LogP contribution in [0.15, 0.2) is 187 Å². The minimum atomic E-state index is -0.0208. The van der Waals surface area contributed by atoms with Crippen molar-refractivity contribution in [3.63, 3.8) is 0 Å². The molecule has 0 aliphatic carbocycles. The summed E-state index contributed by atoms with van der Waals surface area (Å²) < 4.78 is 0.517. The lowest BCUT2D eigenvalue weighted by atomic mass is 9.87. The van der Waals surface area contributed by atoms with Gasteiger partial charge in [0.15, 0.2) is 18.4 Å². The van der Waals surface area contributed by atoms with Gasteiger partial charge in [0.25, 0.3) is 0 Å². The quantitative estimate of drug-likeness (QED) is 0.166. The van der Waals surface area contributed by atoms with Crippen molar-refractivity contribution in [2.45, 2.75) is 12.1 Å². The number of nitrogens with zero attached hydrogens (tertiary/aromatic N) is 2. The molecule has 0 N–H and O–H groups in total. The first-order valence-electron chi connectivity index (χ1n) is 14.8. The Morgan fingerprint density at radius 1 is 0.349 bits per heavy atom. The van der Waals surface area contributed by atoms with E-state index in [0.717, 1.165) is 0 Å². The molecule has 0 aromatic heterocycles. The SMILES string of the molecule is C1=C[N+](C(c2ccccc2)c2ccc(-c3ccccc3)cc2)(C(c2ccccc2)c2ccc(-c3ccccc3)cc2)C=N1. The van der Waals surface area contributed by atoms with Crippen molar-refractivity contribution >= 4 is 6.34 Å². The van der Waals surface area contributed by atoms with Crippen molar-refractivity contribution in [3.05, 3.63) is 205 Å². The summed E-state index contributed by atoms with van der Waals surface area (Å²) in [5, 5.41) is 0. The third kappa shape index (κ3) is 5.25. The normalized spacial score (nSPS) is 17.0. The lowest BCUT2D eigenvalue weighted by Crippen LogP contribution is -2.47. The summed E-state index contributed by atoms with van der Waals surface area (Å²) >= 11 is 0. The Morgan fingerprint density at radius 3 is 1.02 bits per heavy atom. The first kappa shape index (κ1) is 26.6. The lowest BCUT2D eigenvalue weighted by Gasteiger charge is -2.43. The van der Waals surface area contributed by atoms with Gasteiger partial charge in [0.05, 0.1) is 6.20 Å². The molecule has 1 aliphatic rings. The molecule has 2 nitrogen and oxygen atoms in total. The summed E-state index contributed by atoms with van der Waals surface area (Å²) in [6, 6.07) is 61.0. The fourth-order valence-electron chi connectivity index (χ4n) is 6.47. The lowest BCUT2D eigenvalue weighted by molar-refractivity contribution is -0.834. The van der Waals surface area contributed by atoms with Gasteiger partial charge in [-0.15, -0.1) is 0 Å². The monoisotopic (exact) mass is 553 g/mol. The summed E-state index contributed by atoms with van der Waals surface area (Å²) in [7, 11) is 0. The molecule has 2 unspecified atom stereocenters. The van der Waals surface area contributed by atoms with Crippen LogP contribution in [-0.4, -0.2) is 10.8 Å². The molecule has 43 heavy (non-hydrogen) atoms. The zero-order chi connectivity index (χ0) is 28.9. The minimum Gasteiger partial charge on any atom is -0.234 e. The third-order valence-corrected chi connectivity index (χ3v) is 8.47. The van der Waals surface area contributed by atoms with Crippen LogP contribution in [-0.2, 0) is 0 Å². The Balaban J connectivity index is 1.39. The molecule has 1 heterocycles. The minimum absolute atomic E-state index is 0.0208. The second-order valence-corrected chi connectivity index (χ2v) is 11.1. The predicted octanol–water partition coefficient (Wildman–Crippen LogP) is 10.2. The predicted molar refractivity (Wildman–Crippen MR) is 178 cm³/mol. The van der Waals surface area contributed by atoms with E-state index in [-0.39, 0.29) is 12.1 Å². The van der Waals surface area contributed by atoms with E-state index < -0.39 is 0 Å². The van der Waals surface area contributed by atoms with Crippen molar-refractivity contribution in [3.8, 4) is 22.3 Å². The van der Waals surface area contributed by atoms with Crippen molar-refractivity contribution in [1.82, 2.24) is 0 Å². The van der Waals surface area contributed by atoms with Gasteiger partial charge in [-0.1, -0.05) is 170 Å². The van der Waals surface area contributed by atoms with E-state index in [1.54, 1.807) is 0 Å². The molecule has 1 aliphatic heterocycles. The highest BCUT2D eigenvalue weighted by atomic mass is 15.4. The summed E-state index contributed by atoms with van der Waals surface area (Å²) in [6.45, 7) is 0. The van der Waals surface area contributed by atoms with Crippen LogP contribution in [0.1, 0.15) is 34.3 Å². The smallest absolute Gasteiger partial charge is 0.196 e. The van der Waals surface area contributed by atoms with Crippen LogP contribution in [0, 0.1) is 0 Å². The maximum atomic E-state index is 4.78. The Hall–Kier alpha value is -5.31. The Morgan fingerprint density at radius 2 is 0.674 bits per heavy atom. The van der Waals surface area contributed by atoms with Crippen molar-refractivity contribution in [1.29, 1.82) is 0 Å². The molecule has 7 rings (SSSR count). The maximum Gasteiger partial charge on any atom is 0.196 e. The van der Waals surface area contributed by atoms with Crippen LogP contribution < -0.4 is 0 Å². The molecule has 206 valence electrons. The van der Waals surface area contributed by atoms with Gasteiger partial charge in [0, 0.05) is 22.3 Å². The van der Waals surface area contributed by atoms with Gasteiger partial charge in [-0.05, 0) is 22.3 Å². The van der Waals surface area contributed by atoms with Gasteiger partial charge in [-0.2, -0.15) is 0 Å². The van der Waals surface area contributed by atoms with E-state index in [1.807, 2.05) is 6.20 Å². The fourth-order valence-corrected chi connectivity index (χ4v) is 6.47. The summed E-state index contributed by atoms with van der Waals surface area (Å²) in [5.41, 5.74) is 9.84. The third-order valence-electron chi connectivity index (χ3n) is 8.47. The topological polar surface area (TPSA) is 12.4 Å². The first-order valence-corrected chi connectivity index (χ1v) is 14.8. The standard InChI is InChI=1S/C41H33N2/c1-5-13-32(14-6-1)34-21-25-38(26-22-34)40(36-17-9-3-10-18-36)43(30-29-42-31-43)41(37-19-11-4-12-20-37)39-27-23-35(24-28-39)33-15-7-2-8-16-33/h1-31,40-41H/q+1. The van der Waals surface area contributed by atoms with Gasteiger partial charge < -0.3 is 0 Å². The van der Waals surface area contributed by atoms with Gasteiger partial charge in [-0.3, -0.25) is 0 Å². The average molecular weight is 554 g/mol. The molecule has 0 spiro atoms. The molecule has 2 atom stereocenters. The molecule has 0 saturated carbocycles. The Labute approximate surface area is 254 Å². The number of aliphatic imine (C=N–C) groups is 1. The van der Waals surface area contributed by atoms with Crippen LogP contribution in [0.25, 0.3) is 22.3 Å². The highest BCUT2D eigenvalue weighted by Crippen LogP contribution is 2.47. The Bertz CT molecular complexity index is 1680. The highest BCUT2D eigenvalue weighted by Gasteiger charge is 2.47. The number of hydrogen-bond donors (Lipinski definition) is 0. The molecule has 2 heteroatoms. The van der Waals surface area contributed by atoms with Crippen LogP contribution in [0.3, 0.4) is 0 Å². The second-order valence-electron chi connectivity index (χ2n) is 11.1. The molecule has 0 radical (unpaired) electrons. The van der Waals surface area contributed by atoms with Crippen LogP contribution in [0.5, 0.6) is 0 Å². The Kier molecular flexibility index (Phi) is 7.35. The largest absolute Gasteiger partial charge is 0.234 e. The van der Waals surface area contributed by atoms with Gasteiger partial charge in [0.2, 0.25) is 0 Å². The molecule has 0 fully saturated rings. The van der Waals surface area contributed by atoms with E-state index in [9.17, 15) is 0 Å². The van der Waals surface area contributed by atoms with Crippen molar-refractivity contribution in [2.75, 3.05) is 0 Å². The molecule has 0 saturated heterocycles. The number of benzene rings is 6. The molecule has 0 bridgehead atoms.